The van der Waals surface area contributed by atoms with Crippen LogP contribution in [0, 0.1) is 18.3 Å². The second-order valence-corrected chi connectivity index (χ2v) is 5.87. The van der Waals surface area contributed by atoms with Crippen LogP contribution >= 0.6 is 11.3 Å². The van der Waals surface area contributed by atoms with E-state index in [1.165, 1.54) is 11.3 Å². The molecule has 6 heteroatoms. The largest absolute Gasteiger partial charge is 0.443 e. The van der Waals surface area contributed by atoms with Crippen LogP contribution in [0.5, 0.6) is 0 Å². The van der Waals surface area contributed by atoms with E-state index in [1.807, 2.05) is 48.0 Å². The molecule has 0 saturated carbocycles. The molecule has 110 valence electrons. The monoisotopic (exact) mass is 311 g/mol. The summed E-state index contributed by atoms with van der Waals surface area (Å²) in [5, 5.41) is 14.2. The first-order valence-corrected chi connectivity index (χ1v) is 7.57. The number of hydrogen-bond donors (Lipinski definition) is 0. The molecular formula is C16H13N3O2S. The Morgan fingerprint density at radius 2 is 2.14 bits per heavy atom. The van der Waals surface area contributed by atoms with Gasteiger partial charge in [0.05, 0.1) is 11.4 Å². The molecule has 5 nitrogen and oxygen atoms in total. The SMILES string of the molecule is Cc1nn(-c2ccccc2)c2sc(C(=O)OC(C)C#N)cc12. The van der Waals surface area contributed by atoms with Crippen LogP contribution in [0.3, 0.4) is 0 Å². The van der Waals surface area contributed by atoms with Crippen LogP contribution in [0.15, 0.2) is 36.4 Å². The maximum absolute atomic E-state index is 12.0. The minimum atomic E-state index is -0.760. The molecule has 0 amide bonds. The number of esters is 1. The number of carbonyl (C=O) groups is 1. The van der Waals surface area contributed by atoms with Crippen LogP contribution in [0.4, 0.5) is 0 Å². The molecule has 0 aliphatic heterocycles. The van der Waals surface area contributed by atoms with E-state index in [1.54, 1.807) is 13.0 Å². The summed E-state index contributed by atoms with van der Waals surface area (Å²) >= 11 is 1.32. The van der Waals surface area contributed by atoms with Gasteiger partial charge < -0.3 is 4.74 Å². The smallest absolute Gasteiger partial charge is 0.349 e. The summed E-state index contributed by atoms with van der Waals surface area (Å²) in [5.41, 5.74) is 1.79. The Morgan fingerprint density at radius 1 is 1.41 bits per heavy atom. The van der Waals surface area contributed by atoms with Gasteiger partial charge in [-0.2, -0.15) is 10.4 Å². The molecule has 0 aliphatic rings. The van der Waals surface area contributed by atoms with E-state index in [0.717, 1.165) is 21.6 Å². The van der Waals surface area contributed by atoms with Crippen molar-refractivity contribution in [3.63, 3.8) is 0 Å². The highest BCUT2D eigenvalue weighted by molar-refractivity contribution is 7.20. The summed E-state index contributed by atoms with van der Waals surface area (Å²) in [5.74, 6) is -0.478. The van der Waals surface area contributed by atoms with Crippen LogP contribution in [0.25, 0.3) is 15.9 Å². The first kappa shape index (κ1) is 14.3. The predicted molar refractivity (Wildman–Crippen MR) is 84.2 cm³/mol. The van der Waals surface area contributed by atoms with Crippen LogP contribution in [-0.4, -0.2) is 21.9 Å². The van der Waals surface area contributed by atoms with E-state index < -0.39 is 12.1 Å². The molecule has 0 spiro atoms. The lowest BCUT2D eigenvalue weighted by Crippen LogP contribution is -2.11. The summed E-state index contributed by atoms with van der Waals surface area (Å²) in [4.78, 5) is 13.4. The van der Waals surface area contributed by atoms with Crippen molar-refractivity contribution >= 4 is 27.5 Å². The van der Waals surface area contributed by atoms with Crippen molar-refractivity contribution < 1.29 is 9.53 Å². The summed E-state index contributed by atoms with van der Waals surface area (Å²) in [6.07, 6.45) is -0.760. The van der Waals surface area contributed by atoms with Gasteiger partial charge in [-0.15, -0.1) is 11.3 Å². The Labute approximate surface area is 131 Å². The van der Waals surface area contributed by atoms with Crippen molar-refractivity contribution in [1.82, 2.24) is 9.78 Å². The van der Waals surface area contributed by atoms with Gasteiger partial charge in [-0.25, -0.2) is 9.48 Å². The number of para-hydroxylation sites is 1. The molecule has 3 aromatic rings. The lowest BCUT2D eigenvalue weighted by Gasteiger charge is -2.03. The fourth-order valence-corrected chi connectivity index (χ4v) is 3.20. The Hall–Kier alpha value is -2.65. The van der Waals surface area contributed by atoms with Crippen LogP contribution in [0.1, 0.15) is 22.3 Å². The molecule has 2 heterocycles. The number of benzene rings is 1. The molecule has 0 N–H and O–H groups in total. The third-order valence-electron chi connectivity index (χ3n) is 3.21. The van der Waals surface area contributed by atoms with Crippen molar-refractivity contribution in [3.05, 3.63) is 47.0 Å². The van der Waals surface area contributed by atoms with Crippen molar-refractivity contribution in [2.45, 2.75) is 20.0 Å². The normalized spacial score (nSPS) is 12.0. The van der Waals surface area contributed by atoms with Gasteiger partial charge in [-0.3, -0.25) is 0 Å². The number of aromatic nitrogens is 2. The van der Waals surface area contributed by atoms with Gasteiger partial charge in [0.2, 0.25) is 0 Å². The molecule has 22 heavy (non-hydrogen) atoms. The van der Waals surface area contributed by atoms with Gasteiger partial charge >= 0.3 is 5.97 Å². The highest BCUT2D eigenvalue weighted by atomic mass is 32.1. The lowest BCUT2D eigenvalue weighted by atomic mass is 10.3. The van der Waals surface area contributed by atoms with Crippen LogP contribution < -0.4 is 0 Å². The molecule has 1 unspecified atom stereocenters. The maximum atomic E-state index is 12.0. The fourth-order valence-electron chi connectivity index (χ4n) is 2.14. The molecule has 0 radical (unpaired) electrons. The summed E-state index contributed by atoms with van der Waals surface area (Å²) < 4.78 is 6.87. The van der Waals surface area contributed by atoms with E-state index in [4.69, 9.17) is 10.00 Å². The predicted octanol–water partition coefficient (Wildman–Crippen LogP) is 3.46. The minimum absolute atomic E-state index is 0.474. The van der Waals surface area contributed by atoms with E-state index in [-0.39, 0.29) is 0 Å². The third kappa shape index (κ3) is 2.47. The number of nitrogens with zero attached hydrogens (tertiary/aromatic N) is 3. The highest BCUT2D eigenvalue weighted by Gasteiger charge is 2.19. The van der Waals surface area contributed by atoms with Crippen LogP contribution in [0.2, 0.25) is 0 Å². The zero-order valence-corrected chi connectivity index (χ0v) is 12.9. The Morgan fingerprint density at radius 3 is 2.82 bits per heavy atom. The Balaban J connectivity index is 2.04. The minimum Gasteiger partial charge on any atom is -0.443 e. The molecule has 3 rings (SSSR count). The van der Waals surface area contributed by atoms with E-state index >= 15 is 0 Å². The standard InChI is InChI=1S/C16H13N3O2S/c1-10(9-17)21-16(20)14-8-13-11(2)18-19(15(13)22-14)12-6-4-3-5-7-12/h3-8,10H,1-2H3. The first-order valence-electron chi connectivity index (χ1n) is 6.75. The molecule has 0 aliphatic carbocycles. The highest BCUT2D eigenvalue weighted by Crippen LogP contribution is 2.30. The Kier molecular flexibility index (Phi) is 3.65. The van der Waals surface area contributed by atoms with Gasteiger partial charge in [0.15, 0.2) is 6.10 Å². The number of carbonyl (C=O) groups excluding carboxylic acids is 1. The van der Waals surface area contributed by atoms with E-state index in [0.29, 0.717) is 4.88 Å². The van der Waals surface area contributed by atoms with Crippen molar-refractivity contribution in [2.24, 2.45) is 0 Å². The van der Waals surface area contributed by atoms with Gasteiger partial charge in [0.25, 0.3) is 0 Å². The number of aryl methyl sites for hydroxylation is 1. The van der Waals surface area contributed by atoms with Gasteiger partial charge in [0.1, 0.15) is 15.8 Å². The van der Waals surface area contributed by atoms with E-state index in [2.05, 4.69) is 5.10 Å². The van der Waals surface area contributed by atoms with Crippen molar-refractivity contribution in [1.29, 1.82) is 5.26 Å². The first-order chi connectivity index (χ1) is 10.6. The summed E-state index contributed by atoms with van der Waals surface area (Å²) in [7, 11) is 0. The maximum Gasteiger partial charge on any atom is 0.349 e. The zero-order chi connectivity index (χ0) is 15.7. The number of rotatable bonds is 3. The molecule has 1 aromatic carbocycles. The zero-order valence-electron chi connectivity index (χ0n) is 12.1. The number of fused-ring (bicyclic) bond motifs is 1. The Bertz CT molecular complexity index is 874. The fraction of sp³-hybridized carbons (Fsp3) is 0.188. The second-order valence-electron chi connectivity index (χ2n) is 4.84. The van der Waals surface area contributed by atoms with Crippen molar-refractivity contribution in [2.75, 3.05) is 0 Å². The van der Waals surface area contributed by atoms with Gasteiger partial charge in [0, 0.05) is 5.39 Å². The number of ether oxygens (including phenoxy) is 1. The van der Waals surface area contributed by atoms with Crippen LogP contribution in [-0.2, 0) is 4.74 Å². The van der Waals surface area contributed by atoms with E-state index in [9.17, 15) is 4.79 Å². The third-order valence-corrected chi connectivity index (χ3v) is 4.30. The second kappa shape index (κ2) is 5.62. The van der Waals surface area contributed by atoms with Crippen molar-refractivity contribution in [3.8, 4) is 11.8 Å². The summed E-state index contributed by atoms with van der Waals surface area (Å²) in [6, 6.07) is 13.4. The lowest BCUT2D eigenvalue weighted by molar-refractivity contribution is 0.0441. The average Bonchev–Trinajstić information content (AvgIpc) is 3.09. The molecule has 0 fully saturated rings. The van der Waals surface area contributed by atoms with Gasteiger partial charge in [-0.1, -0.05) is 18.2 Å². The number of nitriles is 1. The molecular weight excluding hydrogens is 298 g/mol. The van der Waals surface area contributed by atoms with Gasteiger partial charge in [-0.05, 0) is 32.0 Å². The molecule has 2 aromatic heterocycles. The molecule has 0 bridgehead atoms. The topological polar surface area (TPSA) is 67.9 Å². The quantitative estimate of drug-likeness (QED) is 0.695. The average molecular weight is 311 g/mol. The summed E-state index contributed by atoms with van der Waals surface area (Å²) in [6.45, 7) is 3.45. The molecule has 1 atom stereocenters. The number of hydrogen-bond acceptors (Lipinski definition) is 5. The molecule has 0 saturated heterocycles. The number of thiophene rings is 1.